The molecule has 0 spiro atoms. The minimum atomic E-state index is 0.772. The zero-order chi connectivity index (χ0) is 18.9. The second-order valence-corrected chi connectivity index (χ2v) is 6.23. The smallest absolute Gasteiger partial charge is 0.0496 e. The minimum absolute atomic E-state index is 0.772. The first-order valence-electron chi connectivity index (χ1n) is 9.04. The predicted molar refractivity (Wildman–Crippen MR) is 114 cm³/mol. The summed E-state index contributed by atoms with van der Waals surface area (Å²) < 4.78 is 0. The Morgan fingerprint density at radius 1 is 1.04 bits per heavy atom. The average molecular weight is 345 g/mol. The van der Waals surface area contributed by atoms with Crippen LogP contribution in [0.5, 0.6) is 0 Å². The van der Waals surface area contributed by atoms with Gasteiger partial charge in [-0.05, 0) is 49.0 Å². The van der Waals surface area contributed by atoms with E-state index in [4.69, 9.17) is 5.73 Å². The molecule has 134 valence electrons. The summed E-state index contributed by atoms with van der Waals surface area (Å²) in [6.45, 7) is 9.78. The van der Waals surface area contributed by atoms with Gasteiger partial charge in [0.1, 0.15) is 0 Å². The van der Waals surface area contributed by atoms with Gasteiger partial charge in [0, 0.05) is 23.2 Å². The van der Waals surface area contributed by atoms with Crippen LogP contribution in [0.25, 0.3) is 5.57 Å². The highest BCUT2D eigenvalue weighted by atomic mass is 14.7. The summed E-state index contributed by atoms with van der Waals surface area (Å²) in [5, 5.41) is 0. The lowest BCUT2D eigenvalue weighted by atomic mass is 9.90. The van der Waals surface area contributed by atoms with Gasteiger partial charge in [-0.1, -0.05) is 74.2 Å². The van der Waals surface area contributed by atoms with E-state index in [0.29, 0.717) is 0 Å². The van der Waals surface area contributed by atoms with Gasteiger partial charge in [-0.2, -0.15) is 0 Å². The molecule has 2 aromatic carbocycles. The van der Waals surface area contributed by atoms with E-state index in [1.54, 1.807) is 6.20 Å². The zero-order valence-electron chi connectivity index (χ0n) is 16.0. The van der Waals surface area contributed by atoms with Crippen LogP contribution in [0.1, 0.15) is 43.9 Å². The van der Waals surface area contributed by atoms with Crippen molar-refractivity contribution < 1.29 is 0 Å². The molecule has 2 heteroatoms. The Kier molecular flexibility index (Phi) is 7.16. The maximum Gasteiger partial charge on any atom is 0.0496 e. The van der Waals surface area contributed by atoms with Crippen molar-refractivity contribution in [3.63, 3.8) is 0 Å². The number of nitrogens with zero attached hydrogens (tertiary/aromatic N) is 1. The summed E-state index contributed by atoms with van der Waals surface area (Å²) in [7, 11) is 0. The molecule has 0 radical (unpaired) electrons. The van der Waals surface area contributed by atoms with Crippen LogP contribution in [-0.4, -0.2) is 5.71 Å². The van der Waals surface area contributed by atoms with Gasteiger partial charge in [-0.25, -0.2) is 0 Å². The molecule has 0 heterocycles. The highest BCUT2D eigenvalue weighted by Crippen LogP contribution is 2.27. The van der Waals surface area contributed by atoms with Crippen LogP contribution in [0.3, 0.4) is 0 Å². The van der Waals surface area contributed by atoms with Gasteiger partial charge < -0.3 is 5.73 Å². The van der Waals surface area contributed by atoms with Crippen molar-refractivity contribution in [2.45, 2.75) is 33.6 Å². The molecule has 0 bridgehead atoms. The Labute approximate surface area is 157 Å². The van der Waals surface area contributed by atoms with Crippen LogP contribution >= 0.6 is 0 Å². The van der Waals surface area contributed by atoms with Crippen LogP contribution in [0, 0.1) is 0 Å². The normalized spacial score (nSPS) is 13.3. The van der Waals surface area contributed by atoms with E-state index in [1.165, 1.54) is 11.1 Å². The Morgan fingerprint density at radius 3 is 2.15 bits per heavy atom. The maximum atomic E-state index is 6.21. The fourth-order valence-electron chi connectivity index (χ4n) is 3.13. The maximum absolute atomic E-state index is 6.21. The third kappa shape index (κ3) is 4.82. The predicted octanol–water partition coefficient (Wildman–Crippen LogP) is 5.91. The highest BCUT2D eigenvalue weighted by Gasteiger charge is 2.14. The van der Waals surface area contributed by atoms with Gasteiger partial charge in [0.05, 0.1) is 0 Å². The van der Waals surface area contributed by atoms with Crippen LogP contribution < -0.4 is 5.73 Å². The molecule has 0 fully saturated rings. The lowest BCUT2D eigenvalue weighted by Crippen LogP contribution is -2.11. The molecule has 0 amide bonds. The Balaban J connectivity index is 2.34. The monoisotopic (exact) mass is 344 g/mol. The molecule has 0 aliphatic heterocycles. The first-order valence-corrected chi connectivity index (χ1v) is 9.04. The standard InChI is InChI=1S/C24H28N2/c1-5-22(24(18(4)25)23(6-2)26-7-3)21-15-13-20(14-16-21)17-19-11-9-8-10-12-19/h5,7-16H,3,6,17,25H2,1-2,4H3/b22-5-,24-18+,26-23-. The third-order valence-electron chi connectivity index (χ3n) is 4.34. The van der Waals surface area contributed by atoms with E-state index in [0.717, 1.165) is 41.0 Å². The van der Waals surface area contributed by atoms with E-state index in [2.05, 4.69) is 73.1 Å². The Bertz CT molecular complexity index is 818. The highest BCUT2D eigenvalue weighted by molar-refractivity contribution is 6.13. The van der Waals surface area contributed by atoms with Gasteiger partial charge in [-0.15, -0.1) is 0 Å². The molecule has 26 heavy (non-hydrogen) atoms. The molecule has 0 saturated carbocycles. The molecule has 2 N–H and O–H groups in total. The van der Waals surface area contributed by atoms with Crippen LogP contribution in [0.15, 0.2) is 89.7 Å². The molecule has 0 aliphatic carbocycles. The summed E-state index contributed by atoms with van der Waals surface area (Å²) >= 11 is 0. The minimum Gasteiger partial charge on any atom is -0.402 e. The van der Waals surface area contributed by atoms with E-state index in [9.17, 15) is 0 Å². The molecule has 2 nitrogen and oxygen atoms in total. The number of aliphatic imine (C=N–C) groups is 1. The number of benzene rings is 2. The van der Waals surface area contributed by atoms with Gasteiger partial charge in [0.15, 0.2) is 0 Å². The van der Waals surface area contributed by atoms with E-state index in [-0.39, 0.29) is 0 Å². The third-order valence-corrected chi connectivity index (χ3v) is 4.34. The number of allylic oxidation sites excluding steroid dienone is 4. The molecule has 0 saturated heterocycles. The van der Waals surface area contributed by atoms with Gasteiger partial charge in [0.2, 0.25) is 0 Å². The van der Waals surface area contributed by atoms with Crippen molar-refractivity contribution in [3.8, 4) is 0 Å². The molecule has 0 atom stereocenters. The largest absolute Gasteiger partial charge is 0.402 e. The lowest BCUT2D eigenvalue weighted by molar-refractivity contribution is 1.19. The quantitative estimate of drug-likeness (QED) is 0.492. The summed E-state index contributed by atoms with van der Waals surface area (Å²) in [6, 6.07) is 19.2. The summed E-state index contributed by atoms with van der Waals surface area (Å²) in [5.74, 6) is 0. The first kappa shape index (κ1) is 19.5. The van der Waals surface area contributed by atoms with E-state index >= 15 is 0 Å². The molecular formula is C24H28N2. The topological polar surface area (TPSA) is 38.4 Å². The molecular weight excluding hydrogens is 316 g/mol. The van der Waals surface area contributed by atoms with E-state index in [1.807, 2.05) is 19.9 Å². The lowest BCUT2D eigenvalue weighted by Gasteiger charge is -2.16. The van der Waals surface area contributed by atoms with Crippen molar-refractivity contribution in [2.75, 3.05) is 0 Å². The second kappa shape index (κ2) is 9.57. The Hall–Kier alpha value is -2.87. The van der Waals surface area contributed by atoms with Crippen LogP contribution in [0.2, 0.25) is 0 Å². The SMILES string of the molecule is C=C\N=C(CC)/C(C(=C\C)/c1ccc(Cc2ccccc2)cc1)=C(\C)N. The summed E-state index contributed by atoms with van der Waals surface area (Å²) in [4.78, 5) is 4.43. The number of nitrogens with two attached hydrogens (primary N) is 1. The van der Waals surface area contributed by atoms with Gasteiger partial charge >= 0.3 is 0 Å². The Morgan fingerprint density at radius 2 is 1.65 bits per heavy atom. The van der Waals surface area contributed by atoms with E-state index < -0.39 is 0 Å². The molecule has 0 aliphatic rings. The van der Waals surface area contributed by atoms with Crippen molar-refractivity contribution in [3.05, 3.63) is 101 Å². The zero-order valence-corrected chi connectivity index (χ0v) is 16.0. The molecule has 2 rings (SSSR count). The molecule has 0 unspecified atom stereocenters. The van der Waals surface area contributed by atoms with Crippen LogP contribution in [-0.2, 0) is 6.42 Å². The second-order valence-electron chi connectivity index (χ2n) is 6.23. The average Bonchev–Trinajstić information content (AvgIpc) is 2.66. The van der Waals surface area contributed by atoms with Crippen molar-refractivity contribution in [1.82, 2.24) is 0 Å². The van der Waals surface area contributed by atoms with Gasteiger partial charge in [0.25, 0.3) is 0 Å². The van der Waals surface area contributed by atoms with Gasteiger partial charge in [-0.3, -0.25) is 4.99 Å². The van der Waals surface area contributed by atoms with Crippen LogP contribution in [0.4, 0.5) is 0 Å². The fourth-order valence-corrected chi connectivity index (χ4v) is 3.13. The molecule has 0 aromatic heterocycles. The molecule has 2 aromatic rings. The fraction of sp³-hybridized carbons (Fsp3) is 0.208. The summed E-state index contributed by atoms with van der Waals surface area (Å²) in [5.41, 5.74) is 13.8. The van der Waals surface area contributed by atoms with Crippen molar-refractivity contribution >= 4 is 11.3 Å². The number of hydrogen-bond donors (Lipinski definition) is 1. The number of rotatable bonds is 7. The first-order chi connectivity index (χ1) is 12.6. The summed E-state index contributed by atoms with van der Waals surface area (Å²) in [6.07, 6.45) is 5.42. The number of hydrogen-bond acceptors (Lipinski definition) is 2. The van der Waals surface area contributed by atoms with Crippen molar-refractivity contribution in [1.29, 1.82) is 0 Å². The van der Waals surface area contributed by atoms with Crippen molar-refractivity contribution in [2.24, 2.45) is 10.7 Å².